The molecule has 0 saturated carbocycles. The summed E-state index contributed by atoms with van der Waals surface area (Å²) in [6.45, 7) is 1.49. The number of carbonyl (C=O) groups is 1. The number of rotatable bonds is 2. The van der Waals surface area contributed by atoms with Crippen molar-refractivity contribution in [3.05, 3.63) is 48.3 Å². The van der Waals surface area contributed by atoms with E-state index >= 15 is 0 Å². The van der Waals surface area contributed by atoms with Gasteiger partial charge in [-0.3, -0.25) is 9.78 Å². The average Bonchev–Trinajstić information content (AvgIpc) is 3.08. The molecule has 0 atom stereocenters. The first-order chi connectivity index (χ1) is 14.7. The maximum absolute atomic E-state index is 11.7. The third-order valence-corrected chi connectivity index (χ3v) is 5.29. The van der Waals surface area contributed by atoms with Crippen LogP contribution in [-0.2, 0) is 4.79 Å². The number of hydrogen-bond donors (Lipinski definition) is 2. The van der Waals surface area contributed by atoms with Gasteiger partial charge in [0.25, 0.3) is 0 Å². The molecule has 1 aromatic carbocycles. The van der Waals surface area contributed by atoms with E-state index in [4.69, 9.17) is 10.7 Å². The summed E-state index contributed by atoms with van der Waals surface area (Å²) in [5, 5.41) is 17.9. The van der Waals surface area contributed by atoms with Crippen molar-refractivity contribution in [3.8, 4) is 17.2 Å². The fourth-order valence-corrected chi connectivity index (χ4v) is 3.74. The van der Waals surface area contributed by atoms with Crippen molar-refractivity contribution < 1.29 is 4.79 Å². The summed E-state index contributed by atoms with van der Waals surface area (Å²) in [5.74, 6) is 0.674. The zero-order chi connectivity index (χ0) is 20.7. The van der Waals surface area contributed by atoms with E-state index in [0.717, 1.165) is 22.0 Å². The van der Waals surface area contributed by atoms with Crippen molar-refractivity contribution in [2.45, 2.75) is 6.42 Å². The molecule has 9 heteroatoms. The van der Waals surface area contributed by atoms with Crippen LogP contribution in [0, 0.1) is 11.3 Å². The van der Waals surface area contributed by atoms with E-state index < -0.39 is 0 Å². The Balaban J connectivity index is 1.68. The molecule has 1 saturated heterocycles. The SMILES string of the molecule is N#Cc1c(N2CCNC(=O)CC2)nc2c(-c3cnc4ccccc4c3)cnn2c1N. The Kier molecular flexibility index (Phi) is 4.17. The molecule has 9 nitrogen and oxygen atoms in total. The molecular weight excluding hydrogens is 380 g/mol. The number of aromatic nitrogens is 4. The van der Waals surface area contributed by atoms with Crippen LogP contribution in [0.4, 0.5) is 11.6 Å². The highest BCUT2D eigenvalue weighted by molar-refractivity contribution is 5.88. The number of nitrogens with two attached hydrogens (primary N) is 1. The number of nitriles is 1. The lowest BCUT2D eigenvalue weighted by atomic mass is 10.1. The number of carbonyl (C=O) groups excluding carboxylic acids is 1. The Morgan fingerprint density at radius 1 is 1.20 bits per heavy atom. The highest BCUT2D eigenvalue weighted by atomic mass is 16.1. The van der Waals surface area contributed by atoms with Crippen molar-refractivity contribution in [1.82, 2.24) is 24.9 Å². The summed E-state index contributed by atoms with van der Waals surface area (Å²) < 4.78 is 1.48. The molecule has 3 N–H and O–H groups in total. The first-order valence-electron chi connectivity index (χ1n) is 9.60. The Bertz CT molecular complexity index is 1340. The van der Waals surface area contributed by atoms with Crippen LogP contribution in [-0.4, -0.2) is 45.1 Å². The number of pyridine rings is 1. The highest BCUT2D eigenvalue weighted by Crippen LogP contribution is 2.31. The molecular formula is C21H18N8O. The summed E-state index contributed by atoms with van der Waals surface area (Å²) in [5.41, 5.74) is 9.63. The largest absolute Gasteiger partial charge is 0.382 e. The normalized spacial score (nSPS) is 14.5. The molecule has 0 spiro atoms. The molecule has 148 valence electrons. The molecule has 30 heavy (non-hydrogen) atoms. The topological polar surface area (TPSA) is 125 Å². The van der Waals surface area contributed by atoms with E-state index in [0.29, 0.717) is 37.5 Å². The van der Waals surface area contributed by atoms with Gasteiger partial charge in [-0.2, -0.15) is 14.9 Å². The second-order valence-electron chi connectivity index (χ2n) is 7.10. The number of nitrogen functional groups attached to an aromatic ring is 1. The van der Waals surface area contributed by atoms with Gasteiger partial charge in [0.15, 0.2) is 11.5 Å². The van der Waals surface area contributed by atoms with E-state index in [1.54, 1.807) is 12.4 Å². The molecule has 4 heterocycles. The molecule has 1 aliphatic rings. The van der Waals surface area contributed by atoms with E-state index in [1.165, 1.54) is 4.52 Å². The Labute approximate surface area is 171 Å². The average molecular weight is 398 g/mol. The molecule has 0 unspecified atom stereocenters. The molecule has 3 aromatic heterocycles. The predicted molar refractivity (Wildman–Crippen MR) is 113 cm³/mol. The van der Waals surface area contributed by atoms with Crippen LogP contribution >= 0.6 is 0 Å². The van der Waals surface area contributed by atoms with Crippen LogP contribution in [0.3, 0.4) is 0 Å². The van der Waals surface area contributed by atoms with E-state index in [-0.39, 0.29) is 17.3 Å². The minimum atomic E-state index is -0.0164. The summed E-state index contributed by atoms with van der Waals surface area (Å²) in [6.07, 6.45) is 3.80. The van der Waals surface area contributed by atoms with Crippen molar-refractivity contribution in [3.63, 3.8) is 0 Å². The van der Waals surface area contributed by atoms with Crippen molar-refractivity contribution in [2.75, 3.05) is 30.3 Å². The van der Waals surface area contributed by atoms with Gasteiger partial charge in [-0.15, -0.1) is 0 Å². The fraction of sp³-hybridized carbons (Fsp3) is 0.190. The second-order valence-corrected chi connectivity index (χ2v) is 7.10. The zero-order valence-electron chi connectivity index (χ0n) is 16.0. The number of para-hydroxylation sites is 1. The molecule has 5 rings (SSSR count). The third-order valence-electron chi connectivity index (χ3n) is 5.29. The van der Waals surface area contributed by atoms with Gasteiger partial charge in [0, 0.05) is 48.8 Å². The van der Waals surface area contributed by atoms with Crippen molar-refractivity contribution in [1.29, 1.82) is 5.26 Å². The van der Waals surface area contributed by atoms with E-state index in [2.05, 4.69) is 21.5 Å². The van der Waals surface area contributed by atoms with E-state index in [9.17, 15) is 10.1 Å². The lowest BCUT2D eigenvalue weighted by Gasteiger charge is -2.22. The monoisotopic (exact) mass is 398 g/mol. The van der Waals surface area contributed by atoms with E-state index in [1.807, 2.05) is 35.2 Å². The molecule has 1 fully saturated rings. The number of hydrogen-bond acceptors (Lipinski definition) is 7. The summed E-state index contributed by atoms with van der Waals surface area (Å²) >= 11 is 0. The highest BCUT2D eigenvalue weighted by Gasteiger charge is 2.23. The zero-order valence-corrected chi connectivity index (χ0v) is 16.0. The summed E-state index contributed by atoms with van der Waals surface area (Å²) in [6, 6.07) is 12.0. The van der Waals surface area contributed by atoms with Gasteiger partial charge in [-0.25, -0.2) is 4.98 Å². The molecule has 1 amide bonds. The minimum Gasteiger partial charge on any atom is -0.382 e. The Morgan fingerprint density at radius 3 is 2.93 bits per heavy atom. The predicted octanol–water partition coefficient (Wildman–Crippen LogP) is 1.72. The smallest absolute Gasteiger partial charge is 0.221 e. The Morgan fingerprint density at radius 2 is 2.07 bits per heavy atom. The van der Waals surface area contributed by atoms with Gasteiger partial charge in [0.1, 0.15) is 17.5 Å². The van der Waals surface area contributed by atoms with Crippen molar-refractivity contribution in [2.24, 2.45) is 0 Å². The lowest BCUT2D eigenvalue weighted by Crippen LogP contribution is -2.30. The Hall–Kier alpha value is -4.19. The molecule has 0 bridgehead atoms. The quantitative estimate of drug-likeness (QED) is 0.527. The first kappa shape index (κ1) is 17.9. The number of amides is 1. The summed E-state index contributed by atoms with van der Waals surface area (Å²) in [7, 11) is 0. The standard InChI is InChI=1S/C21H18N8O/c22-10-15-19(23)29-21(27-20(15)28-7-5-18(30)24-6-8-28)16(12-26-29)14-9-13-3-1-2-4-17(13)25-11-14/h1-4,9,11-12H,5-8,23H2,(H,24,30). The third kappa shape index (κ3) is 2.86. The van der Waals surface area contributed by atoms with Gasteiger partial charge in [0.2, 0.25) is 5.91 Å². The van der Waals surface area contributed by atoms with Gasteiger partial charge >= 0.3 is 0 Å². The van der Waals surface area contributed by atoms with Gasteiger partial charge < -0.3 is 16.0 Å². The van der Waals surface area contributed by atoms with Crippen LogP contribution in [0.1, 0.15) is 12.0 Å². The minimum absolute atomic E-state index is 0.0164. The summed E-state index contributed by atoms with van der Waals surface area (Å²) in [4.78, 5) is 22.9. The van der Waals surface area contributed by atoms with Crippen LogP contribution in [0.5, 0.6) is 0 Å². The van der Waals surface area contributed by atoms with Crippen LogP contribution in [0.25, 0.3) is 27.7 Å². The number of nitrogens with zero attached hydrogens (tertiary/aromatic N) is 6. The molecule has 1 aliphatic heterocycles. The van der Waals surface area contributed by atoms with Gasteiger partial charge in [0.05, 0.1) is 11.7 Å². The number of fused-ring (bicyclic) bond motifs is 2. The molecule has 4 aromatic rings. The van der Waals surface area contributed by atoms with Crippen molar-refractivity contribution >= 4 is 34.1 Å². The van der Waals surface area contributed by atoms with Crippen LogP contribution < -0.4 is 16.0 Å². The van der Waals surface area contributed by atoms with Gasteiger partial charge in [-0.05, 0) is 12.1 Å². The number of nitrogens with one attached hydrogen (secondary N) is 1. The first-order valence-corrected chi connectivity index (χ1v) is 9.60. The molecule has 0 radical (unpaired) electrons. The molecule has 0 aliphatic carbocycles. The second kappa shape index (κ2) is 7.00. The number of benzene rings is 1. The lowest BCUT2D eigenvalue weighted by molar-refractivity contribution is -0.120. The maximum Gasteiger partial charge on any atom is 0.221 e. The fourth-order valence-electron chi connectivity index (χ4n) is 3.74. The van der Waals surface area contributed by atoms with Crippen LogP contribution in [0.2, 0.25) is 0 Å². The van der Waals surface area contributed by atoms with Gasteiger partial charge in [-0.1, -0.05) is 18.2 Å². The maximum atomic E-state index is 11.7. The number of anilines is 2. The van der Waals surface area contributed by atoms with Crippen LogP contribution in [0.15, 0.2) is 42.7 Å².